The third-order valence-corrected chi connectivity index (χ3v) is 4.87. The first-order valence-corrected chi connectivity index (χ1v) is 11.3. The quantitative estimate of drug-likeness (QED) is 0.398. The van der Waals surface area contributed by atoms with E-state index in [2.05, 4.69) is 4.98 Å². The molecule has 166 valence electrons. The number of aromatic nitrogens is 2. The fourth-order valence-corrected chi connectivity index (χ4v) is 3.39. The number of hydrogen-bond acceptors (Lipinski definition) is 9. The number of hydrogen-bond donors (Lipinski definition) is 2. The van der Waals surface area contributed by atoms with Gasteiger partial charge in [0.15, 0.2) is 6.23 Å². The highest BCUT2D eigenvalue weighted by molar-refractivity contribution is 7.51. The van der Waals surface area contributed by atoms with Crippen LogP contribution in [0, 0.1) is 6.92 Å². The van der Waals surface area contributed by atoms with Crippen molar-refractivity contribution in [3.63, 3.8) is 0 Å². The average Bonchev–Trinajstić information content (AvgIpc) is 2.93. The monoisotopic (exact) mass is 435 g/mol. The number of nitrogen functional groups attached to an aromatic ring is 1. The Kier molecular flexibility index (Phi) is 8.36. The van der Waals surface area contributed by atoms with Crippen LogP contribution in [0.25, 0.3) is 0 Å². The molecule has 0 amide bonds. The second kappa shape index (κ2) is 10.1. The number of methoxy groups -OCH3 is 1. The molecule has 3 N–H and O–H groups in total. The highest BCUT2D eigenvalue weighted by atomic mass is 31.2. The van der Waals surface area contributed by atoms with Crippen LogP contribution < -0.4 is 11.4 Å². The zero-order valence-corrected chi connectivity index (χ0v) is 18.2. The van der Waals surface area contributed by atoms with Crippen molar-refractivity contribution in [3.05, 3.63) is 22.2 Å². The Morgan fingerprint density at radius 3 is 2.66 bits per heavy atom. The maximum Gasteiger partial charge on any atom is 0.351 e. The Morgan fingerprint density at radius 1 is 1.38 bits per heavy atom. The lowest BCUT2D eigenvalue weighted by atomic mass is 10.1. The predicted octanol–water partition coefficient (Wildman–Crippen LogP) is 0.688. The van der Waals surface area contributed by atoms with Crippen LogP contribution in [0.2, 0.25) is 0 Å². The molecule has 2 heterocycles. The van der Waals surface area contributed by atoms with Crippen molar-refractivity contribution >= 4 is 13.4 Å². The third kappa shape index (κ3) is 6.58. The second-order valence-electron chi connectivity index (χ2n) is 7.14. The van der Waals surface area contributed by atoms with Gasteiger partial charge >= 0.3 is 13.3 Å². The summed E-state index contributed by atoms with van der Waals surface area (Å²) in [6.07, 6.45) is -1.66. The number of rotatable bonds is 10. The Morgan fingerprint density at radius 2 is 2.07 bits per heavy atom. The van der Waals surface area contributed by atoms with Gasteiger partial charge < -0.3 is 34.1 Å². The van der Waals surface area contributed by atoms with Crippen molar-refractivity contribution in [2.24, 2.45) is 0 Å². The van der Waals surface area contributed by atoms with Crippen LogP contribution in [0.3, 0.4) is 0 Å². The minimum atomic E-state index is -3.73. The summed E-state index contributed by atoms with van der Waals surface area (Å²) in [4.78, 5) is 25.8. The molecule has 12 heteroatoms. The van der Waals surface area contributed by atoms with E-state index < -0.39 is 37.8 Å². The van der Waals surface area contributed by atoms with E-state index in [4.69, 9.17) is 29.2 Å². The molecule has 1 aromatic heterocycles. The summed E-state index contributed by atoms with van der Waals surface area (Å²) in [5.41, 5.74) is 5.71. The highest BCUT2D eigenvalue weighted by Crippen LogP contribution is 2.40. The summed E-state index contributed by atoms with van der Waals surface area (Å²) in [6, 6.07) is 0. The van der Waals surface area contributed by atoms with E-state index in [0.29, 0.717) is 12.2 Å². The van der Waals surface area contributed by atoms with E-state index in [0.717, 1.165) is 6.66 Å². The maximum absolute atomic E-state index is 12.5. The van der Waals surface area contributed by atoms with Crippen molar-refractivity contribution in [3.8, 4) is 0 Å². The summed E-state index contributed by atoms with van der Waals surface area (Å²) in [7, 11) is -2.19. The first-order valence-electron chi connectivity index (χ1n) is 9.25. The second-order valence-corrected chi connectivity index (χ2v) is 9.00. The molecule has 2 rings (SSSR count). The molecule has 5 unspecified atom stereocenters. The largest absolute Gasteiger partial charge is 0.383 e. The molecule has 0 radical (unpaired) electrons. The van der Waals surface area contributed by atoms with Crippen LogP contribution in [0.4, 0.5) is 5.82 Å². The van der Waals surface area contributed by atoms with Crippen LogP contribution >= 0.6 is 7.60 Å². The van der Waals surface area contributed by atoms with Gasteiger partial charge in [0.05, 0.1) is 25.9 Å². The lowest BCUT2D eigenvalue weighted by molar-refractivity contribution is -0.102. The van der Waals surface area contributed by atoms with Gasteiger partial charge in [0.25, 0.3) is 0 Å². The fraction of sp³-hybridized carbons (Fsp3) is 0.765. The molecule has 1 saturated heterocycles. The third-order valence-electron chi connectivity index (χ3n) is 4.24. The van der Waals surface area contributed by atoms with Crippen LogP contribution in [0.5, 0.6) is 0 Å². The highest BCUT2D eigenvalue weighted by Gasteiger charge is 2.48. The SMILES string of the molecule is COCCOC1C(OC(C)C)C(COP(C)(=O)O)OC1n1cc(C)c(N)nc1=O. The van der Waals surface area contributed by atoms with Gasteiger partial charge in [-0.2, -0.15) is 4.98 Å². The van der Waals surface area contributed by atoms with E-state index in [1.54, 1.807) is 14.0 Å². The molecule has 0 spiro atoms. The number of aryl methyl sites for hydroxylation is 1. The molecule has 11 nitrogen and oxygen atoms in total. The summed E-state index contributed by atoms with van der Waals surface area (Å²) in [5.74, 6) is 0.128. The van der Waals surface area contributed by atoms with Crippen LogP contribution in [-0.2, 0) is 28.0 Å². The zero-order valence-electron chi connectivity index (χ0n) is 17.3. The zero-order chi connectivity index (χ0) is 21.8. The van der Waals surface area contributed by atoms with Gasteiger partial charge in [-0.1, -0.05) is 0 Å². The number of nitrogens with two attached hydrogens (primary N) is 1. The van der Waals surface area contributed by atoms with Crippen molar-refractivity contribution in [1.82, 2.24) is 9.55 Å². The van der Waals surface area contributed by atoms with Crippen molar-refractivity contribution in [2.75, 3.05) is 39.3 Å². The molecule has 1 aromatic rings. The Hall–Kier alpha value is -1.33. The van der Waals surface area contributed by atoms with Gasteiger partial charge in [-0.25, -0.2) is 4.79 Å². The van der Waals surface area contributed by atoms with Crippen LogP contribution in [0.1, 0.15) is 25.6 Å². The number of anilines is 1. The van der Waals surface area contributed by atoms with Gasteiger partial charge in [-0.05, 0) is 20.8 Å². The summed E-state index contributed by atoms with van der Waals surface area (Å²) in [5, 5.41) is 0. The molecule has 1 aliphatic rings. The average molecular weight is 435 g/mol. The molecule has 0 aromatic carbocycles. The minimum Gasteiger partial charge on any atom is -0.383 e. The molecule has 29 heavy (non-hydrogen) atoms. The van der Waals surface area contributed by atoms with Gasteiger partial charge in [-0.15, -0.1) is 0 Å². The van der Waals surface area contributed by atoms with E-state index in [-0.39, 0.29) is 25.1 Å². The van der Waals surface area contributed by atoms with E-state index in [1.165, 1.54) is 10.8 Å². The topological polar surface area (TPSA) is 144 Å². The minimum absolute atomic E-state index is 0.128. The molecule has 0 bridgehead atoms. The Bertz CT molecular complexity index is 780. The lowest BCUT2D eigenvalue weighted by Crippen LogP contribution is -2.41. The van der Waals surface area contributed by atoms with Crippen LogP contribution in [0.15, 0.2) is 11.0 Å². The van der Waals surface area contributed by atoms with Crippen LogP contribution in [-0.4, -0.2) is 72.5 Å². The normalized spacial score (nSPS) is 26.7. The molecule has 0 aliphatic carbocycles. The van der Waals surface area contributed by atoms with Crippen molar-refractivity contribution in [1.29, 1.82) is 0 Å². The lowest BCUT2D eigenvalue weighted by Gasteiger charge is -2.27. The standard InChI is InChI=1S/C17H30N3O8P/c1-10(2)27-13-12(9-26-29(5,22)23)28-16(14(13)25-7-6-24-4)20-8-11(3)15(18)19-17(20)21/h8,10,12-14,16H,6-7,9H2,1-5H3,(H,22,23)(H2,18,19,21). The summed E-state index contributed by atoms with van der Waals surface area (Å²) < 4.78 is 40.9. The van der Waals surface area contributed by atoms with Gasteiger partial charge in [0.2, 0.25) is 0 Å². The molecule has 5 atom stereocenters. The van der Waals surface area contributed by atoms with E-state index >= 15 is 0 Å². The van der Waals surface area contributed by atoms with Crippen molar-refractivity contribution < 1.29 is 32.9 Å². The van der Waals surface area contributed by atoms with Gasteiger partial charge in [-0.3, -0.25) is 9.13 Å². The predicted molar refractivity (Wildman–Crippen MR) is 105 cm³/mol. The van der Waals surface area contributed by atoms with Gasteiger partial charge in [0, 0.05) is 25.5 Å². The number of ether oxygens (including phenoxy) is 4. The smallest absolute Gasteiger partial charge is 0.351 e. The number of nitrogens with zero attached hydrogens (tertiary/aromatic N) is 2. The van der Waals surface area contributed by atoms with Gasteiger partial charge in [0.1, 0.15) is 24.1 Å². The van der Waals surface area contributed by atoms with E-state index in [1.807, 2.05) is 13.8 Å². The molecule has 0 saturated carbocycles. The summed E-state index contributed by atoms with van der Waals surface area (Å²) >= 11 is 0. The first kappa shape index (κ1) is 23.9. The Balaban J connectivity index is 2.39. The molecular formula is C17H30N3O8P. The molecule has 1 aliphatic heterocycles. The fourth-order valence-electron chi connectivity index (χ4n) is 2.96. The first-order chi connectivity index (χ1) is 13.5. The van der Waals surface area contributed by atoms with Crippen molar-refractivity contribution in [2.45, 2.75) is 51.4 Å². The molecular weight excluding hydrogens is 405 g/mol. The summed E-state index contributed by atoms with van der Waals surface area (Å²) in [6.45, 7) is 6.84. The van der Waals surface area contributed by atoms with E-state index in [9.17, 15) is 14.3 Å². The maximum atomic E-state index is 12.5. The molecule has 1 fully saturated rings. The Labute approximate surface area is 169 Å².